The van der Waals surface area contributed by atoms with Crippen LogP contribution in [0.3, 0.4) is 0 Å². The summed E-state index contributed by atoms with van der Waals surface area (Å²) in [5.41, 5.74) is 2.12. The van der Waals surface area contributed by atoms with Crippen molar-refractivity contribution >= 4 is 54.0 Å². The van der Waals surface area contributed by atoms with E-state index in [9.17, 15) is 19.5 Å². The van der Waals surface area contributed by atoms with Crippen LogP contribution in [0, 0.1) is 5.92 Å². The molecule has 13 nitrogen and oxygen atoms in total. The normalized spacial score (nSPS) is 21.3. The molecule has 2 saturated heterocycles. The first-order valence-corrected chi connectivity index (χ1v) is 25.1. The fraction of sp³-hybridized carbons (Fsp3) is 0.333. The maximum absolute atomic E-state index is 15.7. The number of hydrogen-bond acceptors (Lipinski definition) is 9. The fourth-order valence-corrected chi connectivity index (χ4v) is 14.2. The minimum absolute atomic E-state index is 0.0340. The number of aliphatic hydroxyl groups excluding tert-OH is 1. The molecule has 0 aromatic heterocycles. The zero-order valence-corrected chi connectivity index (χ0v) is 38.6. The molecule has 0 unspecified atom stereocenters. The van der Waals surface area contributed by atoms with E-state index in [1.54, 1.807) is 91.8 Å². The largest absolute Gasteiger partial charge is 0.497 e. The average Bonchev–Trinajstić information content (AvgIpc) is 3.99. The molecule has 4 amide bonds. The van der Waals surface area contributed by atoms with Crippen LogP contribution in [0.5, 0.6) is 17.2 Å². The van der Waals surface area contributed by atoms with Crippen molar-refractivity contribution in [2.24, 2.45) is 5.92 Å². The Morgan fingerprint density at radius 2 is 1.35 bits per heavy atom. The van der Waals surface area contributed by atoms with Gasteiger partial charge in [0.05, 0.1) is 66.8 Å². The van der Waals surface area contributed by atoms with Crippen LogP contribution in [-0.4, -0.2) is 88.3 Å². The first kappa shape index (κ1) is 45.1. The van der Waals surface area contributed by atoms with Gasteiger partial charge in [-0.3, -0.25) is 19.2 Å². The van der Waals surface area contributed by atoms with Gasteiger partial charge < -0.3 is 44.5 Å². The van der Waals surface area contributed by atoms with Crippen molar-refractivity contribution < 1.29 is 43.2 Å². The van der Waals surface area contributed by atoms with E-state index < -0.39 is 25.7 Å². The average molecular weight is 897 g/mol. The molecule has 0 saturated carbocycles. The third-order valence-corrected chi connectivity index (χ3v) is 18.0. The Balaban J connectivity index is 1.19. The summed E-state index contributed by atoms with van der Waals surface area (Å²) in [6, 6.07) is 34.3. The molecule has 5 aromatic carbocycles. The molecule has 3 N–H and O–H groups in total. The highest BCUT2D eigenvalue weighted by Crippen LogP contribution is 2.60. The molecular formula is C51H56N4O9Si. The van der Waals surface area contributed by atoms with Crippen LogP contribution in [0.15, 0.2) is 115 Å². The highest BCUT2D eigenvalue weighted by atomic mass is 28.3. The van der Waals surface area contributed by atoms with E-state index in [2.05, 4.69) is 42.8 Å². The van der Waals surface area contributed by atoms with Gasteiger partial charge in [-0.2, -0.15) is 0 Å². The topological polar surface area (TPSA) is 156 Å². The molecule has 3 aliphatic heterocycles. The monoisotopic (exact) mass is 896 g/mol. The number of methoxy groups -OCH3 is 3. The molecule has 3 heterocycles. The van der Waals surface area contributed by atoms with Crippen LogP contribution in [0.25, 0.3) is 0 Å². The van der Waals surface area contributed by atoms with Gasteiger partial charge in [0.2, 0.25) is 5.91 Å². The Morgan fingerprint density at radius 3 is 1.92 bits per heavy atom. The molecule has 3 aliphatic rings. The minimum atomic E-state index is -2.63. The molecular weight excluding hydrogens is 841 g/mol. The van der Waals surface area contributed by atoms with Gasteiger partial charge in [0.25, 0.3) is 17.7 Å². The highest BCUT2D eigenvalue weighted by Gasteiger charge is 2.66. The molecule has 0 radical (unpaired) electrons. The van der Waals surface area contributed by atoms with Crippen LogP contribution in [-0.2, 0) is 26.5 Å². The zero-order chi connectivity index (χ0) is 46.0. The molecule has 0 aliphatic carbocycles. The lowest BCUT2D eigenvalue weighted by molar-refractivity contribution is -0.150. The Kier molecular flexibility index (Phi) is 12.9. The minimum Gasteiger partial charge on any atom is -0.497 e. The number of anilines is 3. The number of hydrogen-bond donors (Lipinski definition) is 3. The van der Waals surface area contributed by atoms with Gasteiger partial charge in [0, 0.05) is 40.5 Å². The molecule has 2 fully saturated rings. The summed E-state index contributed by atoms with van der Waals surface area (Å²) in [6.07, 6.45) is 0.900. The quantitative estimate of drug-likeness (QED) is 0.0971. The van der Waals surface area contributed by atoms with E-state index in [0.717, 1.165) is 29.3 Å². The van der Waals surface area contributed by atoms with E-state index >= 15 is 4.79 Å². The second-order valence-electron chi connectivity index (χ2n) is 17.6. The van der Waals surface area contributed by atoms with E-state index in [-0.39, 0.29) is 54.8 Å². The van der Waals surface area contributed by atoms with E-state index in [1.165, 1.54) is 0 Å². The molecule has 5 atom stereocenters. The van der Waals surface area contributed by atoms with Crippen LogP contribution in [0.2, 0.25) is 18.6 Å². The number of aliphatic hydroxyl groups is 1. The number of amides is 4. The maximum atomic E-state index is 15.7. The SMILES string of the molecule is COc1ccc(C(=O)Nc2cccc(CN3C(=O)[C@@]4(O[C@@H](CC(=O)N5CCC[C@H]5CO)[C@H]([Si](C)(C)c5ccc(OC)cc5)[C@H]4C)c4cc(NC(=O)c5ccc(OC)cc5)ccc43)c2)cc1. The summed E-state index contributed by atoms with van der Waals surface area (Å²) in [6.45, 7) is 7.16. The van der Waals surface area contributed by atoms with Gasteiger partial charge in [-0.05, 0) is 115 Å². The number of rotatable bonds is 14. The van der Waals surface area contributed by atoms with Gasteiger partial charge in [-0.1, -0.05) is 49.5 Å². The summed E-state index contributed by atoms with van der Waals surface area (Å²) in [4.78, 5) is 60.4. The lowest BCUT2D eigenvalue weighted by Gasteiger charge is -2.37. The number of carbonyl (C=O) groups excluding carboxylic acids is 4. The number of likely N-dealkylation sites (tertiary alicyclic amines) is 1. The first-order valence-electron chi connectivity index (χ1n) is 22.0. The Morgan fingerprint density at radius 1 is 0.785 bits per heavy atom. The summed E-state index contributed by atoms with van der Waals surface area (Å²) in [5.74, 6) is 0.533. The number of benzene rings is 5. The predicted molar refractivity (Wildman–Crippen MR) is 252 cm³/mol. The predicted octanol–water partition coefficient (Wildman–Crippen LogP) is 7.35. The molecule has 1 spiro atoms. The number of ether oxygens (including phenoxy) is 4. The lowest BCUT2D eigenvalue weighted by Crippen LogP contribution is -2.52. The van der Waals surface area contributed by atoms with Gasteiger partial charge in [-0.25, -0.2) is 0 Å². The summed E-state index contributed by atoms with van der Waals surface area (Å²) < 4.78 is 23.4. The first-order chi connectivity index (χ1) is 31.3. The van der Waals surface area contributed by atoms with Gasteiger partial charge >= 0.3 is 0 Å². The fourth-order valence-electron chi connectivity index (χ4n) is 10.2. The Labute approximate surface area is 380 Å². The number of nitrogens with zero attached hydrogens (tertiary/aromatic N) is 2. The van der Waals surface area contributed by atoms with Crippen molar-refractivity contribution in [1.29, 1.82) is 0 Å². The van der Waals surface area contributed by atoms with Crippen molar-refractivity contribution in [3.63, 3.8) is 0 Å². The molecule has 65 heavy (non-hydrogen) atoms. The molecule has 338 valence electrons. The van der Waals surface area contributed by atoms with Crippen molar-refractivity contribution in [1.82, 2.24) is 4.90 Å². The maximum Gasteiger partial charge on any atom is 0.264 e. The van der Waals surface area contributed by atoms with Gasteiger partial charge in [0.15, 0.2) is 5.60 Å². The number of nitrogens with one attached hydrogen (secondary N) is 2. The third-order valence-electron chi connectivity index (χ3n) is 13.6. The molecule has 0 bridgehead atoms. The molecule has 8 rings (SSSR count). The van der Waals surface area contributed by atoms with Crippen LogP contribution >= 0.6 is 0 Å². The summed E-state index contributed by atoms with van der Waals surface area (Å²) >= 11 is 0. The summed E-state index contributed by atoms with van der Waals surface area (Å²) in [7, 11) is 2.13. The van der Waals surface area contributed by atoms with Gasteiger partial charge in [-0.15, -0.1) is 0 Å². The highest BCUT2D eigenvalue weighted by molar-refractivity contribution is 6.91. The smallest absolute Gasteiger partial charge is 0.264 e. The van der Waals surface area contributed by atoms with Gasteiger partial charge in [0.1, 0.15) is 17.2 Å². The standard InChI is InChI=1S/C51H56N4O9Si/c1-32-47(65(5,6)42-23-21-41(63-4)22-24-42)45(29-46(57)54-26-8-11-38(54)31-56)64-51(32)43-28-37(53-49(59)35-14-19-40(62-3)20-15-35)16-25-44(43)55(50(51)60)30-33-9-7-10-36(27-33)52-48(58)34-12-17-39(61-2)18-13-34/h7,9-10,12-25,27-28,32,38,45,47,56H,8,11,26,29-31H2,1-6H3,(H,52,58)(H,53,59)/t32-,38+,45+,47-,51+/m1/s1. The van der Waals surface area contributed by atoms with E-state index in [4.69, 9.17) is 18.9 Å². The van der Waals surface area contributed by atoms with E-state index in [0.29, 0.717) is 51.8 Å². The number of carbonyl (C=O) groups is 4. The zero-order valence-electron chi connectivity index (χ0n) is 37.6. The third kappa shape index (κ3) is 8.61. The van der Waals surface area contributed by atoms with Crippen molar-refractivity contribution in [3.8, 4) is 17.2 Å². The van der Waals surface area contributed by atoms with Crippen LogP contribution < -0.4 is 34.9 Å². The van der Waals surface area contributed by atoms with Crippen molar-refractivity contribution in [2.45, 2.75) is 69.1 Å². The Bertz CT molecular complexity index is 2570. The van der Waals surface area contributed by atoms with Crippen molar-refractivity contribution in [3.05, 3.63) is 138 Å². The number of fused-ring (bicyclic) bond motifs is 2. The second kappa shape index (κ2) is 18.6. The van der Waals surface area contributed by atoms with Crippen molar-refractivity contribution in [2.75, 3.05) is 50.0 Å². The Hall–Kier alpha value is -6.48. The molecule has 14 heteroatoms. The second-order valence-corrected chi connectivity index (χ2v) is 22.3. The van der Waals surface area contributed by atoms with E-state index in [1.807, 2.05) is 42.5 Å². The lowest BCUT2D eigenvalue weighted by atomic mass is 9.82. The van der Waals surface area contributed by atoms with Crippen LogP contribution in [0.1, 0.15) is 58.0 Å². The summed E-state index contributed by atoms with van der Waals surface area (Å²) in [5, 5.41) is 17.3. The van der Waals surface area contributed by atoms with Crippen LogP contribution in [0.4, 0.5) is 17.1 Å². The molecule has 5 aromatic rings.